The minimum absolute atomic E-state index is 0.140. The highest BCUT2D eigenvalue weighted by Gasteiger charge is 2.36. The Balaban J connectivity index is 1.29. The van der Waals surface area contributed by atoms with Crippen LogP contribution in [-0.2, 0) is 11.3 Å². The zero-order chi connectivity index (χ0) is 26.1. The van der Waals surface area contributed by atoms with Crippen molar-refractivity contribution < 1.29 is 9.53 Å². The summed E-state index contributed by atoms with van der Waals surface area (Å²) < 4.78 is 8.17. The van der Waals surface area contributed by atoms with Gasteiger partial charge >= 0.3 is 0 Å². The fourth-order valence-electron chi connectivity index (χ4n) is 4.75. The second-order valence-electron chi connectivity index (χ2n) is 9.41. The molecule has 0 saturated heterocycles. The molecule has 38 heavy (non-hydrogen) atoms. The number of nitrogens with one attached hydrogen (secondary N) is 1. The SMILES string of the molecule is C[C@@H](COc1ccccc1)Cn1cc(/C=C2/C(=N)N3C(c4ccccc4)=CSC3=NC2=O)c2ccccc21. The highest BCUT2D eigenvalue weighted by Crippen LogP contribution is 2.37. The molecule has 0 bridgehead atoms. The summed E-state index contributed by atoms with van der Waals surface area (Å²) >= 11 is 1.37. The Labute approximate surface area is 225 Å². The molecule has 1 atom stereocenters. The second-order valence-corrected chi connectivity index (χ2v) is 10.2. The molecule has 0 unspecified atom stereocenters. The smallest absolute Gasteiger partial charge is 0.283 e. The first kappa shape index (κ1) is 24.0. The topological polar surface area (TPSA) is 70.7 Å². The lowest BCUT2D eigenvalue weighted by atomic mass is 10.1. The summed E-state index contributed by atoms with van der Waals surface area (Å²) in [6, 6.07) is 27.9. The Morgan fingerprint density at radius 2 is 1.71 bits per heavy atom. The molecule has 2 aliphatic heterocycles. The molecule has 0 radical (unpaired) electrons. The zero-order valence-corrected chi connectivity index (χ0v) is 21.7. The number of aromatic nitrogens is 1. The van der Waals surface area contributed by atoms with Crippen molar-refractivity contribution in [1.29, 1.82) is 5.41 Å². The van der Waals surface area contributed by atoms with Crippen molar-refractivity contribution in [2.24, 2.45) is 10.9 Å². The van der Waals surface area contributed by atoms with Crippen LogP contribution in [0, 0.1) is 11.3 Å². The van der Waals surface area contributed by atoms with Gasteiger partial charge < -0.3 is 9.30 Å². The highest BCUT2D eigenvalue weighted by atomic mass is 32.2. The monoisotopic (exact) mass is 518 g/mol. The lowest BCUT2D eigenvalue weighted by Gasteiger charge is -2.26. The third-order valence-electron chi connectivity index (χ3n) is 6.59. The Hall–Kier alpha value is -4.36. The normalized spacial score (nSPS) is 17.0. The Bertz CT molecular complexity index is 1620. The van der Waals surface area contributed by atoms with E-state index in [-0.39, 0.29) is 17.3 Å². The molecule has 3 aromatic carbocycles. The van der Waals surface area contributed by atoms with Gasteiger partial charge in [0.2, 0.25) is 0 Å². The van der Waals surface area contributed by atoms with Crippen LogP contribution in [0.4, 0.5) is 0 Å². The van der Waals surface area contributed by atoms with Gasteiger partial charge in [-0.3, -0.25) is 15.1 Å². The van der Waals surface area contributed by atoms with E-state index in [1.165, 1.54) is 11.8 Å². The lowest BCUT2D eigenvalue weighted by Crippen LogP contribution is -2.38. The second kappa shape index (κ2) is 10.2. The maximum Gasteiger partial charge on any atom is 0.283 e. The van der Waals surface area contributed by atoms with Crippen LogP contribution >= 0.6 is 11.8 Å². The van der Waals surface area contributed by atoms with Crippen molar-refractivity contribution in [2.45, 2.75) is 13.5 Å². The molecule has 188 valence electrons. The largest absolute Gasteiger partial charge is 0.493 e. The van der Waals surface area contributed by atoms with Gasteiger partial charge in [0, 0.05) is 40.5 Å². The van der Waals surface area contributed by atoms with Crippen LogP contribution in [0.15, 0.2) is 107 Å². The van der Waals surface area contributed by atoms with Crippen LogP contribution < -0.4 is 4.74 Å². The Kier molecular flexibility index (Phi) is 6.43. The summed E-state index contributed by atoms with van der Waals surface area (Å²) in [6.07, 6.45) is 3.86. The minimum atomic E-state index is -0.391. The molecule has 3 heterocycles. The van der Waals surface area contributed by atoms with Gasteiger partial charge in [-0.1, -0.05) is 85.4 Å². The summed E-state index contributed by atoms with van der Waals surface area (Å²) in [5, 5.41) is 12.5. The van der Waals surface area contributed by atoms with Gasteiger partial charge in [-0.15, -0.1) is 0 Å². The van der Waals surface area contributed by atoms with Crippen LogP contribution in [0.5, 0.6) is 5.75 Å². The summed E-state index contributed by atoms with van der Waals surface area (Å²) in [5.41, 5.74) is 4.08. The van der Waals surface area contributed by atoms with Crippen molar-refractivity contribution in [1.82, 2.24) is 9.47 Å². The van der Waals surface area contributed by atoms with E-state index >= 15 is 0 Å². The number of amidine groups is 2. The summed E-state index contributed by atoms with van der Waals surface area (Å²) in [7, 11) is 0. The molecule has 0 saturated carbocycles. The lowest BCUT2D eigenvalue weighted by molar-refractivity contribution is -0.114. The standard InChI is InChI=1S/C31H26N4O2S/c1-21(19-37-24-12-6-3-7-13-24)17-34-18-23(25-14-8-9-15-27(25)34)16-26-29(32)35-28(22-10-4-2-5-11-22)20-38-31(35)33-30(26)36/h2-16,18,20-21,32H,17,19H2,1H3/b26-16-,32-29?/t21-/m1/s1. The van der Waals surface area contributed by atoms with Gasteiger partial charge in [-0.25, -0.2) is 0 Å². The predicted molar refractivity (Wildman–Crippen MR) is 155 cm³/mol. The van der Waals surface area contributed by atoms with Crippen LogP contribution in [0.25, 0.3) is 22.7 Å². The summed E-state index contributed by atoms with van der Waals surface area (Å²) in [6.45, 7) is 3.51. The molecule has 1 aromatic heterocycles. The molecule has 6 rings (SSSR count). The fourth-order valence-corrected chi connectivity index (χ4v) is 5.64. The Morgan fingerprint density at radius 3 is 2.50 bits per heavy atom. The summed E-state index contributed by atoms with van der Waals surface area (Å²) in [4.78, 5) is 19.1. The van der Waals surface area contributed by atoms with Crippen LogP contribution in [0.3, 0.4) is 0 Å². The van der Waals surface area contributed by atoms with Gasteiger partial charge in [0.05, 0.1) is 17.9 Å². The van der Waals surface area contributed by atoms with Crippen LogP contribution in [0.2, 0.25) is 0 Å². The first-order valence-electron chi connectivity index (χ1n) is 12.5. The van der Waals surface area contributed by atoms with Gasteiger partial charge in [0.1, 0.15) is 11.6 Å². The first-order valence-corrected chi connectivity index (χ1v) is 13.4. The van der Waals surface area contributed by atoms with E-state index in [2.05, 4.69) is 34.8 Å². The van der Waals surface area contributed by atoms with Crippen molar-refractivity contribution in [2.75, 3.05) is 6.61 Å². The molecule has 1 amide bonds. The van der Waals surface area contributed by atoms with E-state index in [0.29, 0.717) is 11.8 Å². The third-order valence-corrected chi connectivity index (χ3v) is 7.42. The van der Waals surface area contributed by atoms with Crippen molar-refractivity contribution in [3.63, 3.8) is 0 Å². The van der Waals surface area contributed by atoms with Crippen molar-refractivity contribution in [3.05, 3.63) is 113 Å². The van der Waals surface area contributed by atoms with Crippen LogP contribution in [-0.4, -0.2) is 33.0 Å². The van der Waals surface area contributed by atoms with Crippen molar-refractivity contribution in [3.8, 4) is 5.75 Å². The number of nitrogens with zero attached hydrogens (tertiary/aromatic N) is 3. The number of benzene rings is 3. The quantitative estimate of drug-likeness (QED) is 0.278. The predicted octanol–water partition coefficient (Wildman–Crippen LogP) is 6.66. The fraction of sp³-hybridized carbons (Fsp3) is 0.129. The number of aliphatic imine (C=N–C) groups is 1. The van der Waals surface area contributed by atoms with E-state index in [9.17, 15) is 4.79 Å². The Morgan fingerprint density at radius 1 is 1.00 bits per heavy atom. The molecular formula is C31H26N4O2S. The third kappa shape index (κ3) is 4.57. The van der Waals surface area contributed by atoms with E-state index in [0.717, 1.165) is 40.0 Å². The maximum absolute atomic E-state index is 13.1. The molecule has 6 nitrogen and oxygen atoms in total. The molecule has 1 N–H and O–H groups in total. The van der Waals surface area contributed by atoms with Gasteiger partial charge in [-0.2, -0.15) is 4.99 Å². The van der Waals surface area contributed by atoms with E-state index in [4.69, 9.17) is 10.1 Å². The zero-order valence-electron chi connectivity index (χ0n) is 20.9. The number of carbonyl (C=O) groups excluding carboxylic acids is 1. The number of hydrogen-bond acceptors (Lipinski definition) is 4. The number of fused-ring (bicyclic) bond motifs is 2. The maximum atomic E-state index is 13.1. The van der Waals surface area contributed by atoms with Crippen molar-refractivity contribution >= 4 is 51.3 Å². The molecular weight excluding hydrogens is 492 g/mol. The summed E-state index contributed by atoms with van der Waals surface area (Å²) in [5.74, 6) is 0.869. The average molecular weight is 519 g/mol. The minimum Gasteiger partial charge on any atom is -0.493 e. The van der Waals surface area contributed by atoms with E-state index < -0.39 is 5.91 Å². The first-order chi connectivity index (χ1) is 18.6. The number of rotatable bonds is 7. The van der Waals surface area contributed by atoms with Crippen LogP contribution in [0.1, 0.15) is 18.1 Å². The van der Waals surface area contributed by atoms with Gasteiger partial charge in [-0.05, 0) is 29.8 Å². The number of para-hydroxylation sites is 2. The van der Waals surface area contributed by atoms with Gasteiger partial charge in [0.25, 0.3) is 5.91 Å². The van der Waals surface area contributed by atoms with E-state index in [1.807, 2.05) is 78.2 Å². The molecule has 2 aliphatic rings. The number of hydrogen-bond donors (Lipinski definition) is 1. The number of carbonyl (C=O) groups is 1. The molecule has 7 heteroatoms. The number of ether oxygens (including phenoxy) is 1. The van der Waals surface area contributed by atoms with Gasteiger partial charge in [0.15, 0.2) is 5.17 Å². The molecule has 0 fully saturated rings. The molecule has 0 aliphatic carbocycles. The highest BCUT2D eigenvalue weighted by molar-refractivity contribution is 8.17. The molecule has 4 aromatic rings. The number of amides is 1. The average Bonchev–Trinajstić information content (AvgIpc) is 3.52. The van der Waals surface area contributed by atoms with E-state index in [1.54, 1.807) is 11.0 Å². The molecule has 0 spiro atoms. The number of thioether (sulfide) groups is 1.